The number of ether oxygens (including phenoxy) is 1. The fraction of sp³-hybridized carbons (Fsp3) is 0.600. The monoisotopic (exact) mass is 208 g/mol. The average molecular weight is 208 g/mol. The van der Waals surface area contributed by atoms with Gasteiger partial charge in [0.05, 0.1) is 7.11 Å². The van der Waals surface area contributed by atoms with Gasteiger partial charge < -0.3 is 15.4 Å². The Kier molecular flexibility index (Phi) is 3.01. The van der Waals surface area contributed by atoms with Gasteiger partial charge in [0.1, 0.15) is 0 Å². The maximum Gasteiger partial charge on any atom is 0.257 e. The lowest BCUT2D eigenvalue weighted by Gasteiger charge is -2.18. The molecule has 0 radical (unpaired) electrons. The Labute approximate surface area is 89.3 Å². The van der Waals surface area contributed by atoms with E-state index in [1.165, 1.54) is 0 Å². The third-order valence-electron chi connectivity index (χ3n) is 2.76. The minimum absolute atomic E-state index is 0.566. The molecule has 1 saturated heterocycles. The fourth-order valence-corrected chi connectivity index (χ4v) is 1.90. The Morgan fingerprint density at radius 3 is 3.00 bits per heavy atom. The van der Waals surface area contributed by atoms with E-state index in [1.54, 1.807) is 19.5 Å². The van der Waals surface area contributed by atoms with Crippen LogP contribution in [0.5, 0.6) is 5.88 Å². The molecular weight excluding hydrogens is 192 g/mol. The van der Waals surface area contributed by atoms with Crippen molar-refractivity contribution in [2.45, 2.75) is 6.42 Å². The summed E-state index contributed by atoms with van der Waals surface area (Å²) in [6.07, 6.45) is 4.45. The highest BCUT2D eigenvalue weighted by molar-refractivity contribution is 5.48. The number of hydrogen-bond donors (Lipinski definition) is 1. The second-order valence-corrected chi connectivity index (χ2v) is 3.73. The molecule has 5 nitrogen and oxygen atoms in total. The first-order valence-corrected chi connectivity index (χ1v) is 5.15. The summed E-state index contributed by atoms with van der Waals surface area (Å²) in [5, 5.41) is 0. The van der Waals surface area contributed by atoms with E-state index in [0.29, 0.717) is 11.8 Å². The quantitative estimate of drug-likeness (QED) is 0.772. The van der Waals surface area contributed by atoms with Gasteiger partial charge in [0, 0.05) is 25.5 Å². The van der Waals surface area contributed by atoms with Gasteiger partial charge >= 0.3 is 0 Å². The molecule has 0 aliphatic carbocycles. The first kappa shape index (κ1) is 10.2. The van der Waals surface area contributed by atoms with Crippen molar-refractivity contribution in [1.29, 1.82) is 0 Å². The number of nitrogens with two attached hydrogens (primary N) is 1. The Morgan fingerprint density at radius 1 is 1.53 bits per heavy atom. The summed E-state index contributed by atoms with van der Waals surface area (Å²) >= 11 is 0. The molecule has 2 rings (SSSR count). The van der Waals surface area contributed by atoms with E-state index < -0.39 is 0 Å². The van der Waals surface area contributed by atoms with Crippen molar-refractivity contribution in [2.75, 3.05) is 31.6 Å². The molecule has 2 N–H and O–H groups in total. The maximum absolute atomic E-state index is 5.65. The highest BCUT2D eigenvalue weighted by Crippen LogP contribution is 2.27. The Balaban J connectivity index is 2.16. The molecule has 2 heterocycles. The molecule has 1 aromatic heterocycles. The lowest BCUT2D eigenvalue weighted by atomic mass is 10.1. The standard InChI is InChI=1S/C10H16N4O/c1-15-10-9(12-3-4-13-10)14-5-2-8(6-11)7-14/h3-4,8H,2,5-7,11H2,1H3. The minimum Gasteiger partial charge on any atom is -0.478 e. The van der Waals surface area contributed by atoms with Crippen molar-refractivity contribution < 1.29 is 4.74 Å². The average Bonchev–Trinajstić information content (AvgIpc) is 2.77. The summed E-state index contributed by atoms with van der Waals surface area (Å²) in [6, 6.07) is 0. The summed E-state index contributed by atoms with van der Waals surface area (Å²) < 4.78 is 5.18. The zero-order valence-electron chi connectivity index (χ0n) is 8.89. The predicted molar refractivity (Wildman–Crippen MR) is 58.0 cm³/mol. The third kappa shape index (κ3) is 2.02. The zero-order valence-corrected chi connectivity index (χ0v) is 8.89. The van der Waals surface area contributed by atoms with Crippen LogP contribution in [0.1, 0.15) is 6.42 Å². The van der Waals surface area contributed by atoms with Crippen molar-refractivity contribution in [2.24, 2.45) is 11.7 Å². The molecular formula is C10H16N4O. The molecule has 82 valence electrons. The first-order valence-electron chi connectivity index (χ1n) is 5.15. The molecule has 1 fully saturated rings. The van der Waals surface area contributed by atoms with Gasteiger partial charge in [-0.2, -0.15) is 0 Å². The normalized spacial score (nSPS) is 20.7. The Morgan fingerprint density at radius 2 is 2.33 bits per heavy atom. The smallest absolute Gasteiger partial charge is 0.257 e. The molecule has 1 aromatic rings. The van der Waals surface area contributed by atoms with Crippen molar-refractivity contribution in [3.05, 3.63) is 12.4 Å². The molecule has 1 unspecified atom stereocenters. The van der Waals surface area contributed by atoms with Crippen LogP contribution < -0.4 is 15.4 Å². The molecule has 1 atom stereocenters. The van der Waals surface area contributed by atoms with Crippen LogP contribution in [-0.2, 0) is 0 Å². The molecule has 1 aliphatic heterocycles. The summed E-state index contributed by atoms with van der Waals surface area (Å²) in [7, 11) is 1.62. The molecule has 1 aliphatic rings. The van der Waals surface area contributed by atoms with E-state index in [0.717, 1.165) is 31.9 Å². The number of anilines is 1. The summed E-state index contributed by atoms with van der Waals surface area (Å²) in [5.41, 5.74) is 5.65. The molecule has 5 heteroatoms. The zero-order chi connectivity index (χ0) is 10.7. The van der Waals surface area contributed by atoms with Gasteiger partial charge in [0.15, 0.2) is 5.82 Å². The molecule has 0 spiro atoms. The number of hydrogen-bond acceptors (Lipinski definition) is 5. The topological polar surface area (TPSA) is 64.3 Å². The second kappa shape index (κ2) is 4.44. The van der Waals surface area contributed by atoms with Gasteiger partial charge in [-0.25, -0.2) is 9.97 Å². The highest BCUT2D eigenvalue weighted by atomic mass is 16.5. The van der Waals surface area contributed by atoms with Gasteiger partial charge in [0.2, 0.25) is 0 Å². The molecule has 0 aromatic carbocycles. The SMILES string of the molecule is COc1nccnc1N1CCC(CN)C1. The number of rotatable bonds is 3. The number of aromatic nitrogens is 2. The highest BCUT2D eigenvalue weighted by Gasteiger charge is 2.24. The van der Waals surface area contributed by atoms with Gasteiger partial charge in [-0.05, 0) is 18.9 Å². The van der Waals surface area contributed by atoms with Gasteiger partial charge in [-0.1, -0.05) is 0 Å². The molecule has 0 saturated carbocycles. The van der Waals surface area contributed by atoms with Crippen LogP contribution in [0.4, 0.5) is 5.82 Å². The molecule has 15 heavy (non-hydrogen) atoms. The van der Waals surface area contributed by atoms with E-state index >= 15 is 0 Å². The largest absolute Gasteiger partial charge is 0.478 e. The van der Waals surface area contributed by atoms with Gasteiger partial charge in [-0.3, -0.25) is 0 Å². The summed E-state index contributed by atoms with van der Waals surface area (Å²) in [6.45, 7) is 2.67. The number of nitrogens with zero attached hydrogens (tertiary/aromatic N) is 3. The van der Waals surface area contributed by atoms with E-state index in [-0.39, 0.29) is 0 Å². The van der Waals surface area contributed by atoms with E-state index in [4.69, 9.17) is 10.5 Å². The van der Waals surface area contributed by atoms with E-state index in [1.807, 2.05) is 0 Å². The predicted octanol–water partition coefficient (Wildman–Crippen LogP) is 0.270. The summed E-state index contributed by atoms with van der Waals surface area (Å²) in [4.78, 5) is 10.6. The van der Waals surface area contributed by atoms with E-state index in [9.17, 15) is 0 Å². The van der Waals surface area contributed by atoms with Gasteiger partial charge in [-0.15, -0.1) is 0 Å². The van der Waals surface area contributed by atoms with Crippen molar-refractivity contribution in [3.63, 3.8) is 0 Å². The lowest BCUT2D eigenvalue weighted by molar-refractivity contribution is 0.395. The molecule has 0 amide bonds. The van der Waals surface area contributed by atoms with Crippen LogP contribution in [0.2, 0.25) is 0 Å². The second-order valence-electron chi connectivity index (χ2n) is 3.73. The minimum atomic E-state index is 0.566. The molecule has 0 bridgehead atoms. The van der Waals surface area contributed by atoms with Crippen LogP contribution >= 0.6 is 0 Å². The first-order chi connectivity index (χ1) is 7.35. The van der Waals surface area contributed by atoms with Crippen molar-refractivity contribution in [1.82, 2.24) is 9.97 Å². The van der Waals surface area contributed by atoms with E-state index in [2.05, 4.69) is 14.9 Å². The number of methoxy groups -OCH3 is 1. The fourth-order valence-electron chi connectivity index (χ4n) is 1.90. The van der Waals surface area contributed by atoms with Crippen LogP contribution in [0.25, 0.3) is 0 Å². The van der Waals surface area contributed by atoms with Crippen LogP contribution in [0.15, 0.2) is 12.4 Å². The summed E-state index contributed by atoms with van der Waals surface area (Å²) in [5.74, 6) is 1.99. The van der Waals surface area contributed by atoms with Crippen molar-refractivity contribution in [3.8, 4) is 5.88 Å². The Bertz CT molecular complexity index is 331. The van der Waals surface area contributed by atoms with Crippen molar-refractivity contribution >= 4 is 5.82 Å². The van der Waals surface area contributed by atoms with Crippen LogP contribution in [0.3, 0.4) is 0 Å². The van der Waals surface area contributed by atoms with Gasteiger partial charge in [0.25, 0.3) is 5.88 Å². The Hall–Kier alpha value is -1.36. The third-order valence-corrected chi connectivity index (χ3v) is 2.76. The van der Waals surface area contributed by atoms with Crippen LogP contribution in [0, 0.1) is 5.92 Å². The van der Waals surface area contributed by atoms with Crippen LogP contribution in [-0.4, -0.2) is 36.7 Å². The maximum atomic E-state index is 5.65. The lowest BCUT2D eigenvalue weighted by Crippen LogP contribution is -2.24.